The van der Waals surface area contributed by atoms with Crippen LogP contribution in [0, 0.1) is 13.8 Å². The van der Waals surface area contributed by atoms with E-state index in [2.05, 4.69) is 22.4 Å². The Hall–Kier alpha value is -1.69. The number of aryl methyl sites for hydroxylation is 2. The van der Waals surface area contributed by atoms with Crippen LogP contribution in [0.5, 0.6) is 0 Å². The van der Waals surface area contributed by atoms with Crippen LogP contribution in [0.15, 0.2) is 6.07 Å². The molecule has 6 heteroatoms. The van der Waals surface area contributed by atoms with Gasteiger partial charge in [0.2, 0.25) is 0 Å². The predicted octanol–water partition coefficient (Wildman–Crippen LogP) is 2.52. The van der Waals surface area contributed by atoms with Crippen molar-refractivity contribution in [3.8, 4) is 0 Å². The molecule has 1 aromatic rings. The average Bonchev–Trinajstić information content (AvgIpc) is 2.66. The van der Waals surface area contributed by atoms with Crippen LogP contribution in [-0.4, -0.2) is 46.9 Å². The third-order valence-electron chi connectivity index (χ3n) is 4.29. The fourth-order valence-corrected chi connectivity index (χ4v) is 2.46. The van der Waals surface area contributed by atoms with Crippen molar-refractivity contribution in [2.45, 2.75) is 45.6 Å². The number of carbonyl (C=O) groups is 1. The van der Waals surface area contributed by atoms with Crippen LogP contribution in [0.1, 0.15) is 37.4 Å². The second kappa shape index (κ2) is 6.39. The molecule has 0 bridgehead atoms. The van der Waals surface area contributed by atoms with Gasteiger partial charge in [0.05, 0.1) is 11.3 Å². The highest BCUT2D eigenvalue weighted by atomic mass is 16.5. The molecule has 2 heterocycles. The first-order valence-electron chi connectivity index (χ1n) is 7.35. The maximum atomic E-state index is 12.3. The van der Waals surface area contributed by atoms with E-state index >= 15 is 0 Å². The first-order valence-corrected chi connectivity index (χ1v) is 7.35. The van der Waals surface area contributed by atoms with Crippen molar-refractivity contribution in [1.82, 2.24) is 15.1 Å². The summed E-state index contributed by atoms with van der Waals surface area (Å²) in [5.41, 5.74) is 1.76. The first kappa shape index (κ1) is 15.7. The quantitative estimate of drug-likeness (QED) is 0.909. The summed E-state index contributed by atoms with van der Waals surface area (Å²) < 4.78 is 5.55. The highest BCUT2D eigenvalue weighted by molar-refractivity contribution is 5.88. The van der Waals surface area contributed by atoms with Gasteiger partial charge in [-0.3, -0.25) is 5.32 Å². The number of carbonyl (C=O) groups excluding carboxylic acids is 1. The van der Waals surface area contributed by atoms with Crippen LogP contribution < -0.4 is 5.32 Å². The normalized spacial score (nSPS) is 22.8. The fourth-order valence-electron chi connectivity index (χ4n) is 2.46. The zero-order chi connectivity index (χ0) is 15.5. The van der Waals surface area contributed by atoms with Crippen LogP contribution in [0.3, 0.4) is 0 Å². The molecule has 1 saturated heterocycles. The van der Waals surface area contributed by atoms with E-state index < -0.39 is 0 Å². The van der Waals surface area contributed by atoms with Crippen LogP contribution in [-0.2, 0) is 4.74 Å². The molecule has 0 aromatic carbocycles. The van der Waals surface area contributed by atoms with E-state index in [4.69, 9.17) is 4.74 Å². The van der Waals surface area contributed by atoms with Gasteiger partial charge in [0.15, 0.2) is 5.82 Å². The number of aromatic nitrogens is 2. The molecular weight excluding hydrogens is 268 g/mol. The van der Waals surface area contributed by atoms with Gasteiger partial charge in [-0.1, -0.05) is 0 Å². The van der Waals surface area contributed by atoms with E-state index in [9.17, 15) is 4.79 Å². The van der Waals surface area contributed by atoms with E-state index in [0.717, 1.165) is 37.1 Å². The van der Waals surface area contributed by atoms with Crippen molar-refractivity contribution in [2.75, 3.05) is 25.5 Å². The van der Waals surface area contributed by atoms with Crippen molar-refractivity contribution in [3.05, 3.63) is 17.3 Å². The third-order valence-corrected chi connectivity index (χ3v) is 4.29. The lowest BCUT2D eigenvalue weighted by Gasteiger charge is -2.26. The molecule has 0 aliphatic carbocycles. The predicted molar refractivity (Wildman–Crippen MR) is 81.4 cm³/mol. The molecule has 0 saturated carbocycles. The number of likely N-dealkylation sites (tertiary alicyclic amines) is 1. The van der Waals surface area contributed by atoms with E-state index in [1.54, 1.807) is 7.11 Å². The summed E-state index contributed by atoms with van der Waals surface area (Å²) in [4.78, 5) is 14.1. The van der Waals surface area contributed by atoms with Gasteiger partial charge in [-0.2, -0.15) is 5.10 Å². The van der Waals surface area contributed by atoms with Gasteiger partial charge >= 0.3 is 6.03 Å². The molecule has 0 radical (unpaired) electrons. The van der Waals surface area contributed by atoms with Crippen LogP contribution >= 0.6 is 0 Å². The molecule has 116 valence electrons. The van der Waals surface area contributed by atoms with Crippen molar-refractivity contribution < 1.29 is 9.53 Å². The van der Waals surface area contributed by atoms with Gasteiger partial charge in [-0.15, -0.1) is 5.10 Å². The van der Waals surface area contributed by atoms with E-state index in [1.165, 1.54) is 0 Å². The molecule has 1 aromatic heterocycles. The standard InChI is InChI=1S/C15H24N4O2/c1-11-10-13(18-17-12(11)2)16-14(20)19-8-5-6-15(3,21-4)7-9-19/h10H,5-9H2,1-4H3,(H,16,18,20)/t15-/m1/s1. The SMILES string of the molecule is CO[C@]1(C)CCCN(C(=O)Nc2cc(C)c(C)nn2)CC1. The Labute approximate surface area is 125 Å². The molecular formula is C15H24N4O2. The number of rotatable bonds is 2. The number of amides is 2. The number of hydrogen-bond donors (Lipinski definition) is 1. The topological polar surface area (TPSA) is 67.3 Å². The van der Waals surface area contributed by atoms with Crippen molar-refractivity contribution >= 4 is 11.8 Å². The Morgan fingerprint density at radius 3 is 2.76 bits per heavy atom. The zero-order valence-electron chi connectivity index (χ0n) is 13.3. The molecule has 6 nitrogen and oxygen atoms in total. The number of anilines is 1. The molecule has 0 spiro atoms. The van der Waals surface area contributed by atoms with Gasteiger partial charge in [0.1, 0.15) is 0 Å². The average molecular weight is 292 g/mol. The Morgan fingerprint density at radius 2 is 2.10 bits per heavy atom. The van der Waals surface area contributed by atoms with E-state index in [1.807, 2.05) is 24.8 Å². The summed E-state index contributed by atoms with van der Waals surface area (Å²) in [5, 5.41) is 10.9. The lowest BCUT2D eigenvalue weighted by Crippen LogP contribution is -2.37. The fraction of sp³-hybridized carbons (Fsp3) is 0.667. The van der Waals surface area contributed by atoms with Gasteiger partial charge < -0.3 is 9.64 Å². The molecule has 0 unspecified atom stereocenters. The second-order valence-corrected chi connectivity index (χ2v) is 5.92. The maximum absolute atomic E-state index is 12.3. The van der Waals surface area contributed by atoms with Gasteiger partial charge in [0.25, 0.3) is 0 Å². The highest BCUT2D eigenvalue weighted by Gasteiger charge is 2.29. The summed E-state index contributed by atoms with van der Waals surface area (Å²) in [6.45, 7) is 7.38. The van der Waals surface area contributed by atoms with E-state index in [0.29, 0.717) is 12.4 Å². The summed E-state index contributed by atoms with van der Waals surface area (Å²) in [5.74, 6) is 0.502. The smallest absolute Gasteiger partial charge is 0.323 e. The Bertz CT molecular complexity index is 520. The lowest BCUT2D eigenvalue weighted by molar-refractivity contribution is -0.00491. The van der Waals surface area contributed by atoms with Gasteiger partial charge in [0, 0.05) is 20.2 Å². The molecule has 1 N–H and O–H groups in total. The van der Waals surface area contributed by atoms with Crippen molar-refractivity contribution in [2.24, 2.45) is 0 Å². The zero-order valence-corrected chi connectivity index (χ0v) is 13.3. The maximum Gasteiger partial charge on any atom is 0.323 e. The van der Waals surface area contributed by atoms with Crippen LogP contribution in [0.25, 0.3) is 0 Å². The highest BCUT2D eigenvalue weighted by Crippen LogP contribution is 2.25. The van der Waals surface area contributed by atoms with Gasteiger partial charge in [-0.25, -0.2) is 4.79 Å². The molecule has 1 aliphatic rings. The van der Waals surface area contributed by atoms with Crippen molar-refractivity contribution in [3.63, 3.8) is 0 Å². The monoisotopic (exact) mass is 292 g/mol. The third kappa shape index (κ3) is 3.91. The minimum absolute atomic E-state index is 0.118. The number of hydrogen-bond acceptors (Lipinski definition) is 4. The molecule has 21 heavy (non-hydrogen) atoms. The Kier molecular flexibility index (Phi) is 4.77. The molecule has 2 rings (SSSR count). The molecule has 1 aliphatic heterocycles. The first-order chi connectivity index (χ1) is 9.93. The molecule has 1 fully saturated rings. The summed E-state index contributed by atoms with van der Waals surface area (Å²) in [6, 6.07) is 1.73. The van der Waals surface area contributed by atoms with Crippen LogP contribution in [0.2, 0.25) is 0 Å². The summed E-state index contributed by atoms with van der Waals surface area (Å²) in [7, 11) is 1.74. The Balaban J connectivity index is 1.98. The second-order valence-electron chi connectivity index (χ2n) is 5.92. The molecule has 1 atom stereocenters. The number of methoxy groups -OCH3 is 1. The van der Waals surface area contributed by atoms with Gasteiger partial charge in [-0.05, 0) is 51.7 Å². The number of nitrogens with one attached hydrogen (secondary N) is 1. The number of ether oxygens (including phenoxy) is 1. The van der Waals surface area contributed by atoms with Crippen molar-refractivity contribution in [1.29, 1.82) is 0 Å². The lowest BCUT2D eigenvalue weighted by atomic mass is 9.97. The summed E-state index contributed by atoms with van der Waals surface area (Å²) >= 11 is 0. The Morgan fingerprint density at radius 1 is 1.33 bits per heavy atom. The largest absolute Gasteiger partial charge is 0.378 e. The number of nitrogens with zero attached hydrogens (tertiary/aromatic N) is 3. The molecule has 2 amide bonds. The van der Waals surface area contributed by atoms with Crippen LogP contribution in [0.4, 0.5) is 10.6 Å². The summed E-state index contributed by atoms with van der Waals surface area (Å²) in [6.07, 6.45) is 2.75. The minimum atomic E-state index is -0.130. The number of urea groups is 1. The minimum Gasteiger partial charge on any atom is -0.378 e. The van der Waals surface area contributed by atoms with E-state index in [-0.39, 0.29) is 11.6 Å².